The topological polar surface area (TPSA) is 39.0 Å². The van der Waals surface area contributed by atoms with Gasteiger partial charge in [0.05, 0.1) is 19.7 Å². The normalized spacial score (nSPS) is 22.5. The molecule has 0 N–H and O–H groups in total. The molecule has 0 bridgehead atoms. The summed E-state index contributed by atoms with van der Waals surface area (Å²) in [5.74, 6) is 0. The Morgan fingerprint density at radius 1 is 0.692 bits per heavy atom. The van der Waals surface area contributed by atoms with Gasteiger partial charge < -0.3 is 14.5 Å². The third-order valence-corrected chi connectivity index (χ3v) is 12.1. The summed E-state index contributed by atoms with van der Waals surface area (Å²) < 4.78 is 7.86. The average molecular weight is 692 g/mol. The minimum atomic E-state index is -0.211. The van der Waals surface area contributed by atoms with Gasteiger partial charge in [0.25, 0.3) is 0 Å². The molecule has 3 heterocycles. The molecule has 6 heteroatoms. The monoisotopic (exact) mass is 691 g/mol. The van der Waals surface area contributed by atoms with Crippen LogP contribution in [0.25, 0.3) is 21.5 Å². The van der Waals surface area contributed by atoms with Gasteiger partial charge in [0.1, 0.15) is 0 Å². The Kier molecular flexibility index (Phi) is 8.40. The fraction of sp³-hybridized carbons (Fsp3) is 0.348. The van der Waals surface area contributed by atoms with Gasteiger partial charge in [-0.1, -0.05) is 101 Å². The molecule has 1 amide bonds. The van der Waals surface area contributed by atoms with Crippen LogP contribution in [-0.4, -0.2) is 68.2 Å². The molecule has 3 aliphatic heterocycles. The zero-order chi connectivity index (χ0) is 36.4. The van der Waals surface area contributed by atoms with Crippen LogP contribution in [0.15, 0.2) is 120 Å². The maximum Gasteiger partial charge on any atom is 0.410 e. The largest absolute Gasteiger partial charge is 0.450 e. The van der Waals surface area contributed by atoms with E-state index in [4.69, 9.17) is 4.74 Å². The first-order chi connectivity index (χ1) is 25.0. The number of piperazine rings is 1. The molecular formula is C46H51N4O2+. The third-order valence-electron chi connectivity index (χ3n) is 12.1. The number of fused-ring (bicyclic) bond motifs is 6. The Morgan fingerprint density at radius 3 is 1.62 bits per heavy atom. The van der Waals surface area contributed by atoms with Crippen LogP contribution in [0, 0.1) is 0 Å². The van der Waals surface area contributed by atoms with Crippen LogP contribution in [0.1, 0.15) is 58.6 Å². The van der Waals surface area contributed by atoms with E-state index in [1.54, 1.807) is 0 Å². The van der Waals surface area contributed by atoms with Crippen molar-refractivity contribution in [3.05, 3.63) is 131 Å². The van der Waals surface area contributed by atoms with E-state index in [1.165, 1.54) is 72.3 Å². The SMILES string of the molecule is CCOC(=O)N1CC[N+](=C2C(=CC=C3N(C)c4ccc5ccccc5c4C3(C)C)CCC2=CC=C2N(C)c3ccc4ccccc4c3C2(C)C)CC1. The van der Waals surface area contributed by atoms with E-state index in [-0.39, 0.29) is 16.9 Å². The number of carbonyl (C=O) groups excluding carboxylic acids is 1. The number of benzene rings is 4. The van der Waals surface area contributed by atoms with Crippen LogP contribution < -0.4 is 9.80 Å². The second-order valence-electron chi connectivity index (χ2n) is 15.7. The van der Waals surface area contributed by atoms with Crippen LogP contribution in [-0.2, 0) is 15.6 Å². The lowest BCUT2D eigenvalue weighted by molar-refractivity contribution is -0.537. The van der Waals surface area contributed by atoms with Gasteiger partial charge >= 0.3 is 6.09 Å². The van der Waals surface area contributed by atoms with E-state index in [1.807, 2.05) is 11.8 Å². The fourth-order valence-corrected chi connectivity index (χ4v) is 9.52. The molecule has 0 aromatic heterocycles. The van der Waals surface area contributed by atoms with Crippen LogP contribution in [0.5, 0.6) is 0 Å². The maximum atomic E-state index is 12.6. The molecule has 1 saturated carbocycles. The van der Waals surface area contributed by atoms with Gasteiger partial charge in [0.2, 0.25) is 5.71 Å². The molecule has 1 saturated heterocycles. The average Bonchev–Trinajstić information content (AvgIpc) is 3.70. The van der Waals surface area contributed by atoms with E-state index in [2.05, 4.69) is 153 Å². The molecule has 0 spiro atoms. The highest BCUT2D eigenvalue weighted by Gasteiger charge is 2.41. The van der Waals surface area contributed by atoms with Crippen LogP contribution >= 0.6 is 0 Å². The minimum absolute atomic E-state index is 0.146. The molecule has 2 fully saturated rings. The number of anilines is 2. The molecule has 4 aromatic carbocycles. The van der Waals surface area contributed by atoms with Crippen molar-refractivity contribution in [2.75, 3.05) is 56.7 Å². The summed E-state index contributed by atoms with van der Waals surface area (Å²) >= 11 is 0. The number of carbonyl (C=O) groups is 1. The van der Waals surface area contributed by atoms with Gasteiger partial charge in [0, 0.05) is 58.8 Å². The van der Waals surface area contributed by atoms with Crippen LogP contribution in [0.3, 0.4) is 0 Å². The number of likely N-dealkylation sites (N-methyl/N-ethyl adjacent to an activating group) is 2. The fourth-order valence-electron chi connectivity index (χ4n) is 9.52. The standard InChI is InChI=1S/C46H51N4O2/c1-8-52-44(51)50-29-27-49(28-30-50)43-33(21-25-39-45(2,3)41-35-15-11-9-13-31(35)19-23-37(41)47(39)6)17-18-34(43)22-26-40-46(4,5)42-36-16-12-10-14-32(36)20-24-38(42)48(40)7/h9-16,19-26H,8,17-18,27-30H2,1-7H3/q+1. The molecular weight excluding hydrogens is 641 g/mol. The third kappa shape index (κ3) is 5.37. The zero-order valence-corrected chi connectivity index (χ0v) is 31.8. The predicted molar refractivity (Wildman–Crippen MR) is 216 cm³/mol. The Bertz CT molecular complexity index is 2130. The Labute approximate surface area is 308 Å². The van der Waals surface area contributed by atoms with Crippen molar-refractivity contribution in [3.8, 4) is 0 Å². The summed E-state index contributed by atoms with van der Waals surface area (Å²) in [6.07, 6.45) is 11.3. The number of hydrogen-bond acceptors (Lipinski definition) is 4. The lowest BCUT2D eigenvalue weighted by Gasteiger charge is -2.26. The molecule has 266 valence electrons. The number of hydrogen-bond donors (Lipinski definition) is 0. The van der Waals surface area contributed by atoms with Gasteiger partial charge in [-0.15, -0.1) is 0 Å². The molecule has 52 heavy (non-hydrogen) atoms. The molecule has 0 radical (unpaired) electrons. The van der Waals surface area contributed by atoms with Crippen molar-refractivity contribution in [1.82, 2.24) is 4.90 Å². The summed E-state index contributed by atoms with van der Waals surface area (Å²) in [5.41, 5.74) is 11.7. The van der Waals surface area contributed by atoms with E-state index in [0.29, 0.717) is 19.7 Å². The summed E-state index contributed by atoms with van der Waals surface area (Å²) in [5, 5.41) is 5.22. The molecule has 4 aromatic rings. The highest BCUT2D eigenvalue weighted by molar-refractivity contribution is 6.12. The number of amides is 1. The van der Waals surface area contributed by atoms with Gasteiger partial charge in [-0.25, -0.2) is 9.37 Å². The van der Waals surface area contributed by atoms with E-state index in [0.717, 1.165) is 25.9 Å². The second kappa shape index (κ2) is 12.8. The van der Waals surface area contributed by atoms with E-state index >= 15 is 0 Å². The molecule has 6 nitrogen and oxygen atoms in total. The zero-order valence-electron chi connectivity index (χ0n) is 31.8. The lowest BCUT2D eigenvalue weighted by atomic mass is 9.81. The summed E-state index contributed by atoms with van der Waals surface area (Å²) in [6, 6.07) is 26.6. The van der Waals surface area contributed by atoms with Crippen molar-refractivity contribution in [3.63, 3.8) is 0 Å². The number of allylic oxidation sites excluding steroid dienone is 8. The highest BCUT2D eigenvalue weighted by atomic mass is 16.6. The number of nitrogens with zero attached hydrogens (tertiary/aromatic N) is 4. The van der Waals surface area contributed by atoms with Gasteiger partial charge in [-0.3, -0.25) is 4.90 Å². The molecule has 0 atom stereocenters. The molecule has 0 unspecified atom stereocenters. The minimum Gasteiger partial charge on any atom is -0.450 e. The molecule has 8 rings (SSSR count). The highest BCUT2D eigenvalue weighted by Crippen LogP contribution is 2.51. The first-order valence-corrected chi connectivity index (χ1v) is 18.9. The Balaban J connectivity index is 1.19. The molecule has 4 aliphatic rings. The maximum absolute atomic E-state index is 12.6. The van der Waals surface area contributed by atoms with Crippen LogP contribution in [0.4, 0.5) is 16.2 Å². The Morgan fingerprint density at radius 2 is 1.15 bits per heavy atom. The number of rotatable bonds is 3. The summed E-state index contributed by atoms with van der Waals surface area (Å²) in [7, 11) is 4.42. The van der Waals surface area contributed by atoms with Crippen molar-refractivity contribution in [2.45, 2.75) is 58.3 Å². The van der Waals surface area contributed by atoms with Crippen molar-refractivity contribution >= 4 is 44.7 Å². The summed E-state index contributed by atoms with van der Waals surface area (Å²) in [6.45, 7) is 14.6. The van der Waals surface area contributed by atoms with Crippen molar-refractivity contribution < 1.29 is 14.1 Å². The quantitative estimate of drug-likeness (QED) is 0.201. The first-order valence-electron chi connectivity index (χ1n) is 18.9. The predicted octanol–water partition coefficient (Wildman–Crippen LogP) is 9.49. The Hall–Kier alpha value is -5.10. The van der Waals surface area contributed by atoms with Crippen molar-refractivity contribution in [2.24, 2.45) is 0 Å². The lowest BCUT2D eigenvalue weighted by Crippen LogP contribution is -2.47. The molecule has 1 aliphatic carbocycles. The first kappa shape index (κ1) is 34.0. The van der Waals surface area contributed by atoms with Gasteiger partial charge in [-0.05, 0) is 76.7 Å². The van der Waals surface area contributed by atoms with E-state index in [9.17, 15) is 4.79 Å². The smallest absolute Gasteiger partial charge is 0.410 e. The second-order valence-corrected chi connectivity index (χ2v) is 15.7. The van der Waals surface area contributed by atoms with Crippen molar-refractivity contribution in [1.29, 1.82) is 0 Å². The van der Waals surface area contributed by atoms with Crippen LogP contribution in [0.2, 0.25) is 0 Å². The summed E-state index contributed by atoms with van der Waals surface area (Å²) in [4.78, 5) is 19.2. The van der Waals surface area contributed by atoms with E-state index < -0.39 is 0 Å². The van der Waals surface area contributed by atoms with Gasteiger partial charge in [0.15, 0.2) is 13.1 Å². The number of ether oxygens (including phenoxy) is 1. The van der Waals surface area contributed by atoms with Gasteiger partial charge in [-0.2, -0.15) is 0 Å².